The van der Waals surface area contributed by atoms with Crippen LogP contribution in [0.15, 0.2) is 59.5 Å². The lowest BCUT2D eigenvalue weighted by Gasteiger charge is -2.13. The number of hydrogen-bond acceptors (Lipinski definition) is 3. The SMILES string of the molecule is O=C(CSc1ccccc1)Nc1ccc(OC2CCCC2)cc1. The Labute approximate surface area is 141 Å². The molecular formula is C19H21NO2S. The van der Waals surface area contributed by atoms with Gasteiger partial charge >= 0.3 is 0 Å². The van der Waals surface area contributed by atoms with E-state index >= 15 is 0 Å². The molecule has 1 fully saturated rings. The van der Waals surface area contributed by atoms with E-state index in [1.165, 1.54) is 24.6 Å². The molecular weight excluding hydrogens is 306 g/mol. The van der Waals surface area contributed by atoms with Gasteiger partial charge in [-0.05, 0) is 62.1 Å². The van der Waals surface area contributed by atoms with Crippen LogP contribution in [0.3, 0.4) is 0 Å². The maximum atomic E-state index is 12.0. The molecule has 1 aliphatic rings. The maximum Gasteiger partial charge on any atom is 0.234 e. The summed E-state index contributed by atoms with van der Waals surface area (Å²) in [5.74, 6) is 1.29. The van der Waals surface area contributed by atoms with E-state index in [1.54, 1.807) is 0 Å². The van der Waals surface area contributed by atoms with Gasteiger partial charge in [-0.25, -0.2) is 0 Å². The highest BCUT2D eigenvalue weighted by molar-refractivity contribution is 8.00. The van der Waals surface area contributed by atoms with E-state index in [1.807, 2.05) is 54.6 Å². The number of anilines is 1. The third-order valence-corrected chi connectivity index (χ3v) is 4.87. The minimum Gasteiger partial charge on any atom is -0.490 e. The lowest BCUT2D eigenvalue weighted by atomic mass is 10.2. The zero-order valence-electron chi connectivity index (χ0n) is 13.0. The number of carbonyl (C=O) groups is 1. The van der Waals surface area contributed by atoms with E-state index in [0.717, 1.165) is 29.2 Å². The summed E-state index contributed by atoms with van der Waals surface area (Å²) in [5.41, 5.74) is 0.808. The number of amides is 1. The molecule has 0 aliphatic heterocycles. The summed E-state index contributed by atoms with van der Waals surface area (Å²) >= 11 is 1.54. The maximum absolute atomic E-state index is 12.0. The normalized spacial score (nSPS) is 14.6. The largest absolute Gasteiger partial charge is 0.490 e. The van der Waals surface area contributed by atoms with Crippen molar-refractivity contribution in [2.75, 3.05) is 11.1 Å². The van der Waals surface area contributed by atoms with Crippen LogP contribution in [0.1, 0.15) is 25.7 Å². The fraction of sp³-hybridized carbons (Fsp3) is 0.316. The van der Waals surface area contributed by atoms with Crippen LogP contribution in [0.5, 0.6) is 5.75 Å². The number of hydrogen-bond donors (Lipinski definition) is 1. The second-order valence-corrected chi connectivity index (χ2v) is 6.75. The Hall–Kier alpha value is -1.94. The summed E-state index contributed by atoms with van der Waals surface area (Å²) in [5, 5.41) is 2.92. The average molecular weight is 327 g/mol. The van der Waals surface area contributed by atoms with Gasteiger partial charge in [-0.1, -0.05) is 18.2 Å². The molecule has 1 saturated carbocycles. The van der Waals surface area contributed by atoms with Crippen molar-refractivity contribution in [3.05, 3.63) is 54.6 Å². The Morgan fingerprint density at radius 2 is 1.74 bits per heavy atom. The van der Waals surface area contributed by atoms with Gasteiger partial charge in [-0.2, -0.15) is 0 Å². The number of nitrogens with one attached hydrogen (secondary N) is 1. The highest BCUT2D eigenvalue weighted by atomic mass is 32.2. The van der Waals surface area contributed by atoms with Gasteiger partial charge in [0.15, 0.2) is 0 Å². The molecule has 0 radical (unpaired) electrons. The molecule has 0 heterocycles. The van der Waals surface area contributed by atoms with Crippen LogP contribution in [-0.4, -0.2) is 17.8 Å². The minimum atomic E-state index is 0.00307. The number of benzene rings is 2. The van der Waals surface area contributed by atoms with Gasteiger partial charge in [0.25, 0.3) is 0 Å². The molecule has 1 N–H and O–H groups in total. The van der Waals surface area contributed by atoms with Gasteiger partial charge in [-0.3, -0.25) is 4.79 Å². The third kappa shape index (κ3) is 5.03. The molecule has 2 aromatic rings. The van der Waals surface area contributed by atoms with E-state index < -0.39 is 0 Å². The Morgan fingerprint density at radius 1 is 1.04 bits per heavy atom. The highest BCUT2D eigenvalue weighted by Gasteiger charge is 2.16. The Balaban J connectivity index is 1.46. The first-order valence-electron chi connectivity index (χ1n) is 8.04. The molecule has 3 rings (SSSR count). The number of thioether (sulfide) groups is 1. The number of rotatable bonds is 6. The van der Waals surface area contributed by atoms with E-state index in [-0.39, 0.29) is 5.91 Å². The quantitative estimate of drug-likeness (QED) is 0.779. The molecule has 3 nitrogen and oxygen atoms in total. The lowest BCUT2D eigenvalue weighted by Crippen LogP contribution is -2.14. The first-order valence-corrected chi connectivity index (χ1v) is 9.02. The van der Waals surface area contributed by atoms with Crippen LogP contribution in [0.25, 0.3) is 0 Å². The summed E-state index contributed by atoms with van der Waals surface area (Å²) in [6, 6.07) is 17.6. The van der Waals surface area contributed by atoms with Gasteiger partial charge in [0.1, 0.15) is 5.75 Å². The van der Waals surface area contributed by atoms with Gasteiger partial charge in [0, 0.05) is 10.6 Å². The smallest absolute Gasteiger partial charge is 0.234 e. The standard InChI is InChI=1S/C19H21NO2S/c21-19(14-23-18-8-2-1-3-9-18)20-15-10-12-17(13-11-15)22-16-6-4-5-7-16/h1-3,8-13,16H,4-7,14H2,(H,20,21). The van der Waals surface area contributed by atoms with Crippen molar-refractivity contribution < 1.29 is 9.53 Å². The van der Waals surface area contributed by atoms with Crippen LogP contribution < -0.4 is 10.1 Å². The Bertz CT molecular complexity index is 622. The van der Waals surface area contributed by atoms with Crippen LogP contribution in [0.4, 0.5) is 5.69 Å². The summed E-state index contributed by atoms with van der Waals surface area (Å²) in [4.78, 5) is 13.1. The van der Waals surface area contributed by atoms with E-state index in [4.69, 9.17) is 4.74 Å². The molecule has 4 heteroatoms. The zero-order chi connectivity index (χ0) is 15.9. The van der Waals surface area contributed by atoms with Crippen molar-refractivity contribution in [3.63, 3.8) is 0 Å². The summed E-state index contributed by atoms with van der Waals surface area (Å²) in [7, 11) is 0. The van der Waals surface area contributed by atoms with Crippen molar-refractivity contribution in [1.29, 1.82) is 0 Å². The second-order valence-electron chi connectivity index (χ2n) is 5.70. The van der Waals surface area contributed by atoms with Gasteiger partial charge in [0.2, 0.25) is 5.91 Å². The van der Waals surface area contributed by atoms with Crippen LogP contribution >= 0.6 is 11.8 Å². The summed E-state index contributed by atoms with van der Waals surface area (Å²) in [6.45, 7) is 0. The molecule has 0 aromatic heterocycles. The number of ether oxygens (including phenoxy) is 1. The first kappa shape index (κ1) is 15.9. The van der Waals surface area contributed by atoms with Crippen molar-refractivity contribution in [3.8, 4) is 5.75 Å². The molecule has 2 aromatic carbocycles. The van der Waals surface area contributed by atoms with E-state index in [0.29, 0.717) is 11.9 Å². The predicted octanol–water partition coefficient (Wildman–Crippen LogP) is 4.74. The van der Waals surface area contributed by atoms with E-state index in [9.17, 15) is 4.79 Å². The second kappa shape index (κ2) is 8.06. The third-order valence-electron chi connectivity index (χ3n) is 3.86. The molecule has 0 saturated heterocycles. The number of carbonyl (C=O) groups excluding carboxylic acids is 1. The summed E-state index contributed by atoms with van der Waals surface area (Å²) in [6.07, 6.45) is 5.18. The zero-order valence-corrected chi connectivity index (χ0v) is 13.9. The Morgan fingerprint density at radius 3 is 2.43 bits per heavy atom. The fourth-order valence-corrected chi connectivity index (χ4v) is 3.40. The van der Waals surface area contributed by atoms with E-state index in [2.05, 4.69) is 5.32 Å². The van der Waals surface area contributed by atoms with Crippen molar-refractivity contribution in [1.82, 2.24) is 0 Å². The topological polar surface area (TPSA) is 38.3 Å². The predicted molar refractivity (Wildman–Crippen MR) is 95.1 cm³/mol. The molecule has 1 amide bonds. The molecule has 0 atom stereocenters. The van der Waals surface area contributed by atoms with Crippen molar-refractivity contribution >= 4 is 23.4 Å². The van der Waals surface area contributed by atoms with Gasteiger partial charge in [0.05, 0.1) is 11.9 Å². The van der Waals surface area contributed by atoms with Gasteiger partial charge in [-0.15, -0.1) is 11.8 Å². The lowest BCUT2D eigenvalue weighted by molar-refractivity contribution is -0.113. The first-order chi connectivity index (χ1) is 11.3. The molecule has 1 aliphatic carbocycles. The monoisotopic (exact) mass is 327 g/mol. The minimum absolute atomic E-state index is 0.00307. The molecule has 120 valence electrons. The molecule has 0 spiro atoms. The van der Waals surface area contributed by atoms with Crippen molar-refractivity contribution in [2.45, 2.75) is 36.7 Å². The van der Waals surface area contributed by atoms with Crippen molar-refractivity contribution in [2.24, 2.45) is 0 Å². The fourth-order valence-electron chi connectivity index (χ4n) is 2.68. The molecule has 0 unspecified atom stereocenters. The van der Waals surface area contributed by atoms with Gasteiger partial charge < -0.3 is 10.1 Å². The van der Waals surface area contributed by atoms with Crippen LogP contribution in [0.2, 0.25) is 0 Å². The average Bonchev–Trinajstić information content (AvgIpc) is 3.09. The highest BCUT2D eigenvalue weighted by Crippen LogP contribution is 2.25. The molecule has 23 heavy (non-hydrogen) atoms. The Kier molecular flexibility index (Phi) is 5.59. The van der Waals surface area contributed by atoms with Crippen LogP contribution in [-0.2, 0) is 4.79 Å². The summed E-state index contributed by atoms with van der Waals surface area (Å²) < 4.78 is 5.92. The van der Waals surface area contributed by atoms with Crippen LogP contribution in [0, 0.1) is 0 Å². The molecule has 0 bridgehead atoms.